The molecular weight excluding hydrogens is 709 g/mol. The van der Waals surface area contributed by atoms with Crippen LogP contribution in [-0.4, -0.2) is 75.2 Å². The normalized spacial score (nSPS) is 20.8. The number of hydrogen-bond acceptors (Lipinski definition) is 10. The van der Waals surface area contributed by atoms with Gasteiger partial charge in [-0.05, 0) is 79.7 Å². The van der Waals surface area contributed by atoms with Gasteiger partial charge < -0.3 is 29.0 Å². The van der Waals surface area contributed by atoms with Gasteiger partial charge in [-0.15, -0.1) is 5.10 Å². The van der Waals surface area contributed by atoms with Crippen molar-refractivity contribution >= 4 is 19.9 Å². The van der Waals surface area contributed by atoms with Crippen LogP contribution in [-0.2, 0) is 34.6 Å². The van der Waals surface area contributed by atoms with Crippen LogP contribution in [0.1, 0.15) is 30.2 Å². The Kier molecular flexibility index (Phi) is 9.91. The van der Waals surface area contributed by atoms with Gasteiger partial charge in [-0.25, -0.2) is 0 Å². The Balaban J connectivity index is 1.32. The lowest BCUT2D eigenvalue weighted by Gasteiger charge is -2.32. The predicted molar refractivity (Wildman–Crippen MR) is 203 cm³/mol. The number of fused-ring (bicyclic) bond motifs is 2. The zero-order valence-electron chi connectivity index (χ0n) is 30.9. The van der Waals surface area contributed by atoms with E-state index in [4.69, 9.17) is 14.2 Å². The Hall–Kier alpha value is -5.35. The second-order valence-corrected chi connectivity index (χ2v) is 18.3. The number of amides is 1. The summed E-state index contributed by atoms with van der Waals surface area (Å²) in [5, 5.41) is 17.7. The molecule has 0 aliphatic carbocycles. The molecule has 3 aromatic heterocycles. The molecule has 14 nitrogen and oxygen atoms in total. The minimum atomic E-state index is -2.98. The standard InChI is InChI=1S/C39H44N6O8Si/c1-25-35(54(4,5)50)32(15-19-42-24-27(16-20-46)40-41-42)53-39(25)30-22-29(44-18-8-12-34(52-3)37(44)48)13-14-31(30)45(38(39)49)23-26-9-6-10-28(21-26)43-17-7-11-33(51-2)36(43)47/h6-14,17-18,21-22,24-25,32,35,46,50H,15-16,19-20,23H2,1-5H3/t25-,32+,35-,39+/m1/s1. The number of nitrogens with zero attached hydrogens (tertiary/aromatic N) is 6. The van der Waals surface area contributed by atoms with Gasteiger partial charge in [0, 0.05) is 66.6 Å². The molecule has 5 aromatic rings. The molecule has 0 bridgehead atoms. The first-order valence-corrected chi connectivity index (χ1v) is 20.9. The van der Waals surface area contributed by atoms with Crippen molar-refractivity contribution in [2.24, 2.45) is 5.92 Å². The van der Waals surface area contributed by atoms with Crippen molar-refractivity contribution in [1.29, 1.82) is 0 Å². The number of hydrogen-bond donors (Lipinski definition) is 2. The van der Waals surface area contributed by atoms with Crippen LogP contribution in [0.15, 0.2) is 94.9 Å². The minimum Gasteiger partial charge on any atom is -0.491 e. The van der Waals surface area contributed by atoms with Crippen molar-refractivity contribution in [2.45, 2.75) is 63.2 Å². The summed E-state index contributed by atoms with van der Waals surface area (Å²) in [4.78, 5) is 55.2. The number of aliphatic hydroxyl groups is 1. The molecule has 7 rings (SSSR count). The smallest absolute Gasteiger partial charge is 0.297 e. The lowest BCUT2D eigenvalue weighted by atomic mass is 9.82. The second kappa shape index (κ2) is 14.5. The molecule has 5 heterocycles. The van der Waals surface area contributed by atoms with Crippen molar-refractivity contribution in [3.8, 4) is 22.9 Å². The molecule has 54 heavy (non-hydrogen) atoms. The number of aromatic nitrogens is 5. The summed E-state index contributed by atoms with van der Waals surface area (Å²) in [6.07, 6.45) is 5.42. The number of ether oxygens (including phenoxy) is 3. The monoisotopic (exact) mass is 752 g/mol. The van der Waals surface area contributed by atoms with Gasteiger partial charge in [-0.3, -0.25) is 28.2 Å². The van der Waals surface area contributed by atoms with E-state index in [1.807, 2.05) is 56.4 Å². The largest absolute Gasteiger partial charge is 0.491 e. The maximum absolute atomic E-state index is 15.2. The van der Waals surface area contributed by atoms with E-state index < -0.39 is 25.9 Å². The van der Waals surface area contributed by atoms with E-state index in [0.717, 1.165) is 5.56 Å². The summed E-state index contributed by atoms with van der Waals surface area (Å²) in [6.45, 7) is 6.26. The zero-order chi connectivity index (χ0) is 38.4. The van der Waals surface area contributed by atoms with Gasteiger partial charge >= 0.3 is 0 Å². The number of anilines is 1. The van der Waals surface area contributed by atoms with Crippen LogP contribution in [0.2, 0.25) is 18.6 Å². The van der Waals surface area contributed by atoms with Gasteiger partial charge in [0.2, 0.25) is 0 Å². The molecule has 1 fully saturated rings. The Morgan fingerprint density at radius 3 is 2.20 bits per heavy atom. The molecule has 2 aliphatic rings. The first-order chi connectivity index (χ1) is 25.9. The summed E-state index contributed by atoms with van der Waals surface area (Å²) < 4.78 is 22.3. The lowest BCUT2D eigenvalue weighted by Crippen LogP contribution is -2.46. The number of aryl methyl sites for hydroxylation is 1. The fraction of sp³-hybridized carbons (Fsp3) is 0.359. The first kappa shape index (κ1) is 37.0. The molecule has 4 atom stereocenters. The maximum atomic E-state index is 15.2. The highest BCUT2D eigenvalue weighted by atomic mass is 28.4. The van der Waals surface area contributed by atoms with E-state index in [1.165, 1.54) is 23.4 Å². The van der Waals surface area contributed by atoms with E-state index in [-0.39, 0.29) is 47.2 Å². The highest BCUT2D eigenvalue weighted by Gasteiger charge is 2.66. The third-order valence-corrected chi connectivity index (χ3v) is 13.1. The number of benzene rings is 2. The van der Waals surface area contributed by atoms with Crippen LogP contribution in [0.4, 0.5) is 5.69 Å². The predicted octanol–water partition coefficient (Wildman–Crippen LogP) is 3.57. The number of carbonyl (C=O) groups is 1. The van der Waals surface area contributed by atoms with E-state index in [2.05, 4.69) is 10.3 Å². The van der Waals surface area contributed by atoms with Crippen molar-refractivity contribution < 1.29 is 28.9 Å². The summed E-state index contributed by atoms with van der Waals surface area (Å²) >= 11 is 0. The number of aliphatic hydroxyl groups excluding tert-OH is 1. The Labute approximate surface area is 312 Å². The van der Waals surface area contributed by atoms with Gasteiger partial charge in [0.1, 0.15) is 0 Å². The Bertz CT molecular complexity index is 2320. The quantitative estimate of drug-likeness (QED) is 0.180. The molecule has 1 spiro atoms. The lowest BCUT2D eigenvalue weighted by molar-refractivity contribution is -0.146. The molecule has 15 heteroatoms. The van der Waals surface area contributed by atoms with E-state index in [1.54, 1.807) is 58.5 Å². The maximum Gasteiger partial charge on any atom is 0.297 e. The summed E-state index contributed by atoms with van der Waals surface area (Å²) in [6, 6.07) is 19.5. The topological polar surface area (TPSA) is 163 Å². The molecule has 1 saturated heterocycles. The Morgan fingerprint density at radius 2 is 1.57 bits per heavy atom. The fourth-order valence-corrected chi connectivity index (χ4v) is 10.8. The highest BCUT2D eigenvalue weighted by molar-refractivity contribution is 6.71. The molecule has 282 valence electrons. The third-order valence-electron chi connectivity index (χ3n) is 10.6. The Morgan fingerprint density at radius 1 is 0.907 bits per heavy atom. The van der Waals surface area contributed by atoms with E-state index in [0.29, 0.717) is 47.7 Å². The minimum absolute atomic E-state index is 0.0391. The summed E-state index contributed by atoms with van der Waals surface area (Å²) in [5.41, 5.74) is 1.31. The molecular formula is C39H44N6O8Si. The van der Waals surface area contributed by atoms with Gasteiger partial charge in [-0.1, -0.05) is 24.3 Å². The number of carbonyl (C=O) groups excluding carboxylic acids is 1. The fourth-order valence-electron chi connectivity index (χ4n) is 8.23. The summed E-state index contributed by atoms with van der Waals surface area (Å²) in [7, 11) is -0.0915. The van der Waals surface area contributed by atoms with Crippen molar-refractivity contribution in [3.63, 3.8) is 0 Å². The van der Waals surface area contributed by atoms with Crippen LogP contribution in [0.25, 0.3) is 11.4 Å². The highest BCUT2D eigenvalue weighted by Crippen LogP contribution is 2.60. The third kappa shape index (κ3) is 6.36. The van der Waals surface area contributed by atoms with E-state index >= 15 is 4.79 Å². The SMILES string of the molecule is COc1cccn(-c2cccc(CN3C(=O)[C@@]4(O[C@@H](CCn5cc(CCO)nn5)[C@H]([Si](C)(C)O)[C@H]4C)c4cc(-n5cccc(OC)c5=O)ccc43)c2)c1=O. The molecule has 2 N–H and O–H groups in total. The second-order valence-electron chi connectivity index (χ2n) is 14.4. The molecule has 2 aromatic carbocycles. The summed E-state index contributed by atoms with van der Waals surface area (Å²) in [5.74, 6) is -0.346. The number of methoxy groups -OCH3 is 2. The molecule has 0 radical (unpaired) electrons. The molecule has 0 saturated carbocycles. The average molecular weight is 753 g/mol. The number of pyridine rings is 2. The van der Waals surface area contributed by atoms with Crippen LogP contribution < -0.4 is 25.5 Å². The van der Waals surface area contributed by atoms with E-state index in [9.17, 15) is 19.5 Å². The van der Waals surface area contributed by atoms with Crippen LogP contribution in [0.3, 0.4) is 0 Å². The average Bonchev–Trinajstić information content (AvgIpc) is 3.80. The molecule has 0 unspecified atom stereocenters. The van der Waals surface area contributed by atoms with Crippen molar-refractivity contribution in [3.05, 3.63) is 123 Å². The van der Waals surface area contributed by atoms with Crippen molar-refractivity contribution in [2.75, 3.05) is 25.7 Å². The molecule has 1 amide bonds. The van der Waals surface area contributed by atoms with Gasteiger partial charge in [0.05, 0.1) is 38.2 Å². The number of rotatable bonds is 12. The van der Waals surface area contributed by atoms with Crippen LogP contribution in [0.5, 0.6) is 11.5 Å². The zero-order valence-corrected chi connectivity index (χ0v) is 31.9. The molecule has 2 aliphatic heterocycles. The van der Waals surface area contributed by atoms with Crippen molar-refractivity contribution in [1.82, 2.24) is 24.1 Å². The first-order valence-electron chi connectivity index (χ1n) is 17.9. The van der Waals surface area contributed by atoms with Crippen LogP contribution >= 0.6 is 0 Å². The van der Waals surface area contributed by atoms with Crippen LogP contribution in [0, 0.1) is 5.92 Å². The van der Waals surface area contributed by atoms with Gasteiger partial charge in [0.15, 0.2) is 25.4 Å². The van der Waals surface area contributed by atoms with Gasteiger partial charge in [0.25, 0.3) is 17.0 Å². The van der Waals surface area contributed by atoms with Gasteiger partial charge in [-0.2, -0.15) is 0 Å².